The molecule has 3 heteroatoms. The third kappa shape index (κ3) is 4.40. The molecule has 0 aromatic heterocycles. The van der Waals surface area contributed by atoms with Crippen LogP contribution in [0.5, 0.6) is 0 Å². The molecule has 3 nitrogen and oxygen atoms in total. The molecule has 0 rings (SSSR count). The lowest BCUT2D eigenvalue weighted by Gasteiger charge is -2.35. The monoisotopic (exact) mass is 203 g/mol. The van der Waals surface area contributed by atoms with E-state index in [0.29, 0.717) is 6.04 Å². The highest BCUT2D eigenvalue weighted by Gasteiger charge is 2.26. The number of rotatable bonds is 7. The van der Waals surface area contributed by atoms with E-state index in [1.54, 1.807) is 0 Å². The Balaban J connectivity index is 4.25. The van der Waals surface area contributed by atoms with Crippen molar-refractivity contribution in [1.82, 2.24) is 4.90 Å². The topological polar surface area (TPSA) is 43.7 Å². The Morgan fingerprint density at radius 1 is 1.21 bits per heavy atom. The fourth-order valence-electron chi connectivity index (χ4n) is 1.45. The van der Waals surface area contributed by atoms with E-state index in [1.807, 2.05) is 6.92 Å². The molecule has 2 N–H and O–H groups in total. The van der Waals surface area contributed by atoms with Gasteiger partial charge in [-0.25, -0.2) is 0 Å². The quantitative estimate of drug-likeness (QED) is 0.651. The second kappa shape index (κ2) is 6.38. The van der Waals surface area contributed by atoms with Crippen molar-refractivity contribution in [3.8, 4) is 0 Å². The molecule has 0 bridgehead atoms. The molecule has 0 amide bonds. The van der Waals surface area contributed by atoms with Crippen LogP contribution in [0.4, 0.5) is 0 Å². The van der Waals surface area contributed by atoms with Gasteiger partial charge in [-0.2, -0.15) is 0 Å². The lowest BCUT2D eigenvalue weighted by molar-refractivity contribution is 0.0262. The van der Waals surface area contributed by atoms with Crippen LogP contribution >= 0.6 is 0 Å². The van der Waals surface area contributed by atoms with E-state index >= 15 is 0 Å². The Morgan fingerprint density at radius 2 is 1.71 bits per heavy atom. The molecule has 0 heterocycles. The molecule has 0 atom stereocenters. The van der Waals surface area contributed by atoms with Crippen LogP contribution in [0, 0.1) is 5.41 Å². The van der Waals surface area contributed by atoms with Crippen molar-refractivity contribution in [2.24, 2.45) is 5.41 Å². The molecule has 0 aliphatic rings. The molecular weight excluding hydrogens is 178 g/mol. The van der Waals surface area contributed by atoms with Crippen LogP contribution in [0.1, 0.15) is 34.1 Å². The zero-order valence-electron chi connectivity index (χ0n) is 9.95. The molecule has 0 unspecified atom stereocenters. The molecule has 86 valence electrons. The first-order valence-corrected chi connectivity index (χ1v) is 5.45. The van der Waals surface area contributed by atoms with Crippen LogP contribution in [0.25, 0.3) is 0 Å². The predicted molar refractivity (Wildman–Crippen MR) is 59.3 cm³/mol. The van der Waals surface area contributed by atoms with Gasteiger partial charge in [-0.15, -0.1) is 0 Å². The first kappa shape index (κ1) is 13.9. The van der Waals surface area contributed by atoms with Crippen molar-refractivity contribution >= 4 is 0 Å². The first-order valence-electron chi connectivity index (χ1n) is 5.45. The minimum atomic E-state index is -0.376. The van der Waals surface area contributed by atoms with Crippen LogP contribution in [0.15, 0.2) is 0 Å². The predicted octanol–water partition coefficient (Wildman–Crippen LogP) is 1.10. The molecule has 0 saturated heterocycles. The highest BCUT2D eigenvalue weighted by molar-refractivity contribution is 4.78. The summed E-state index contributed by atoms with van der Waals surface area (Å²) < 4.78 is 0. The van der Waals surface area contributed by atoms with E-state index in [0.717, 1.165) is 19.5 Å². The average Bonchev–Trinajstić information content (AvgIpc) is 2.17. The van der Waals surface area contributed by atoms with Crippen molar-refractivity contribution in [1.29, 1.82) is 0 Å². The van der Waals surface area contributed by atoms with Crippen molar-refractivity contribution in [3.63, 3.8) is 0 Å². The van der Waals surface area contributed by atoms with Crippen LogP contribution in [0.3, 0.4) is 0 Å². The van der Waals surface area contributed by atoms with Crippen molar-refractivity contribution in [2.75, 3.05) is 26.3 Å². The molecular formula is C11H25NO2. The molecule has 0 spiro atoms. The minimum absolute atomic E-state index is 0.0381. The van der Waals surface area contributed by atoms with Gasteiger partial charge in [0, 0.05) is 18.0 Å². The maximum atomic E-state index is 9.20. The van der Waals surface area contributed by atoms with Gasteiger partial charge in [0.25, 0.3) is 0 Å². The van der Waals surface area contributed by atoms with E-state index in [1.165, 1.54) is 0 Å². The van der Waals surface area contributed by atoms with Crippen molar-refractivity contribution in [3.05, 3.63) is 0 Å². The smallest absolute Gasteiger partial charge is 0.0519 e. The minimum Gasteiger partial charge on any atom is -0.396 e. The summed E-state index contributed by atoms with van der Waals surface area (Å²) >= 11 is 0. The summed E-state index contributed by atoms with van der Waals surface area (Å²) in [5.74, 6) is 0. The van der Waals surface area contributed by atoms with Gasteiger partial charge in [0.05, 0.1) is 13.2 Å². The summed E-state index contributed by atoms with van der Waals surface area (Å²) in [4.78, 5) is 2.30. The summed E-state index contributed by atoms with van der Waals surface area (Å²) in [7, 11) is 0. The van der Waals surface area contributed by atoms with Crippen LogP contribution in [-0.4, -0.2) is 47.5 Å². The number of hydrogen-bond donors (Lipinski definition) is 2. The van der Waals surface area contributed by atoms with Gasteiger partial charge in [0.2, 0.25) is 0 Å². The number of hydrogen-bond acceptors (Lipinski definition) is 3. The molecule has 0 aliphatic carbocycles. The summed E-state index contributed by atoms with van der Waals surface area (Å²) in [6.45, 7) is 10.2. The lowest BCUT2D eigenvalue weighted by Crippen LogP contribution is -2.44. The molecule has 0 fully saturated rings. The standard InChI is InChI=1S/C11H25NO2/c1-5-6-12(10(2)3)7-11(4,8-13)9-14/h10,13-14H,5-9H2,1-4H3. The van der Waals surface area contributed by atoms with Gasteiger partial charge in [0.15, 0.2) is 0 Å². The zero-order valence-corrected chi connectivity index (χ0v) is 9.95. The fraction of sp³-hybridized carbons (Fsp3) is 1.00. The Labute approximate surface area is 87.7 Å². The third-order valence-corrected chi connectivity index (χ3v) is 2.59. The highest BCUT2D eigenvalue weighted by atomic mass is 16.3. The summed E-state index contributed by atoms with van der Waals surface area (Å²) in [5.41, 5.74) is -0.376. The van der Waals surface area contributed by atoms with Gasteiger partial charge in [-0.3, -0.25) is 0 Å². The molecule has 0 saturated carbocycles. The number of aliphatic hydroxyl groups is 2. The second-order valence-corrected chi connectivity index (χ2v) is 4.69. The van der Waals surface area contributed by atoms with Crippen LogP contribution in [0.2, 0.25) is 0 Å². The largest absolute Gasteiger partial charge is 0.396 e. The van der Waals surface area contributed by atoms with Crippen LogP contribution < -0.4 is 0 Å². The Morgan fingerprint density at radius 3 is 2.00 bits per heavy atom. The molecule has 0 aromatic rings. The summed E-state index contributed by atoms with van der Waals surface area (Å²) in [6, 6.07) is 0.465. The van der Waals surface area contributed by atoms with Gasteiger partial charge in [-0.1, -0.05) is 13.8 Å². The van der Waals surface area contributed by atoms with Crippen LogP contribution in [-0.2, 0) is 0 Å². The van der Waals surface area contributed by atoms with E-state index in [4.69, 9.17) is 0 Å². The Bertz CT molecular complexity index is 144. The van der Waals surface area contributed by atoms with E-state index in [-0.39, 0.29) is 18.6 Å². The molecule has 0 radical (unpaired) electrons. The Kier molecular flexibility index (Phi) is 6.33. The second-order valence-electron chi connectivity index (χ2n) is 4.69. The average molecular weight is 203 g/mol. The van der Waals surface area contributed by atoms with Crippen molar-refractivity contribution < 1.29 is 10.2 Å². The maximum absolute atomic E-state index is 9.20. The molecule has 0 aromatic carbocycles. The highest BCUT2D eigenvalue weighted by Crippen LogP contribution is 2.18. The van der Waals surface area contributed by atoms with Gasteiger partial charge in [0.1, 0.15) is 0 Å². The third-order valence-electron chi connectivity index (χ3n) is 2.59. The van der Waals surface area contributed by atoms with E-state index in [9.17, 15) is 10.2 Å². The van der Waals surface area contributed by atoms with Gasteiger partial charge >= 0.3 is 0 Å². The van der Waals surface area contributed by atoms with E-state index in [2.05, 4.69) is 25.7 Å². The molecule has 0 aliphatic heterocycles. The summed E-state index contributed by atoms with van der Waals surface area (Å²) in [6.07, 6.45) is 1.10. The summed E-state index contributed by atoms with van der Waals surface area (Å²) in [5, 5.41) is 18.4. The van der Waals surface area contributed by atoms with Gasteiger partial charge in [-0.05, 0) is 26.8 Å². The zero-order chi connectivity index (χ0) is 11.2. The number of aliphatic hydroxyl groups excluding tert-OH is 2. The molecule has 14 heavy (non-hydrogen) atoms. The normalized spacial score (nSPS) is 12.9. The SMILES string of the molecule is CCCN(CC(C)(CO)CO)C(C)C. The maximum Gasteiger partial charge on any atom is 0.0519 e. The lowest BCUT2D eigenvalue weighted by atomic mass is 9.91. The van der Waals surface area contributed by atoms with Gasteiger partial charge < -0.3 is 15.1 Å². The van der Waals surface area contributed by atoms with E-state index < -0.39 is 0 Å². The first-order chi connectivity index (χ1) is 6.49. The van der Waals surface area contributed by atoms with Crippen molar-refractivity contribution in [2.45, 2.75) is 40.2 Å². The number of nitrogens with zero attached hydrogens (tertiary/aromatic N) is 1. The fourth-order valence-corrected chi connectivity index (χ4v) is 1.45. The Hall–Kier alpha value is -0.120.